The number of ether oxygens (including phenoxy) is 3. The van der Waals surface area contributed by atoms with Crippen molar-refractivity contribution in [1.29, 1.82) is 0 Å². The van der Waals surface area contributed by atoms with Gasteiger partial charge < -0.3 is 24.4 Å². The van der Waals surface area contributed by atoms with E-state index in [0.717, 1.165) is 11.1 Å². The average Bonchev–Trinajstić information content (AvgIpc) is 2.55. The third-order valence-electron chi connectivity index (χ3n) is 3.22. The lowest BCUT2D eigenvalue weighted by atomic mass is 10.1. The van der Waals surface area contributed by atoms with Gasteiger partial charge in [-0.15, -0.1) is 0 Å². The molecular weight excluding hydrogens is 312 g/mol. The fourth-order valence-corrected chi connectivity index (χ4v) is 1.91. The molecule has 1 atom stereocenters. The summed E-state index contributed by atoms with van der Waals surface area (Å²) in [6.07, 6.45) is 0.452. The topological polar surface area (TPSA) is 85.2 Å². The third-order valence-corrected chi connectivity index (χ3v) is 3.22. The SMILES string of the molecule is C/C=C(\C)COC[C@@H](Cc1ccccc1)OC(=O)COCC(O)O. The number of allylic oxidation sites excluding steroid dienone is 1. The van der Waals surface area contributed by atoms with E-state index >= 15 is 0 Å². The van der Waals surface area contributed by atoms with Crippen molar-refractivity contribution < 1.29 is 29.2 Å². The lowest BCUT2D eigenvalue weighted by Gasteiger charge is -2.18. The highest BCUT2D eigenvalue weighted by Crippen LogP contribution is 2.08. The summed E-state index contributed by atoms with van der Waals surface area (Å²) in [7, 11) is 0. The zero-order chi connectivity index (χ0) is 17.8. The van der Waals surface area contributed by atoms with Gasteiger partial charge in [0.2, 0.25) is 0 Å². The van der Waals surface area contributed by atoms with Crippen molar-refractivity contribution in [1.82, 2.24) is 0 Å². The van der Waals surface area contributed by atoms with Crippen molar-refractivity contribution in [3.05, 3.63) is 47.5 Å². The monoisotopic (exact) mass is 338 g/mol. The second-order valence-corrected chi connectivity index (χ2v) is 5.45. The van der Waals surface area contributed by atoms with Gasteiger partial charge in [-0.3, -0.25) is 0 Å². The molecule has 0 fully saturated rings. The first-order valence-corrected chi connectivity index (χ1v) is 7.88. The maximum atomic E-state index is 11.8. The van der Waals surface area contributed by atoms with Crippen LogP contribution in [0.3, 0.4) is 0 Å². The molecule has 1 rings (SSSR count). The van der Waals surface area contributed by atoms with Crippen LogP contribution in [-0.4, -0.2) is 55.0 Å². The smallest absolute Gasteiger partial charge is 0.332 e. The first-order valence-electron chi connectivity index (χ1n) is 7.88. The molecule has 2 N–H and O–H groups in total. The normalized spacial score (nSPS) is 13.1. The van der Waals surface area contributed by atoms with Crippen LogP contribution in [0.5, 0.6) is 0 Å². The molecule has 6 heteroatoms. The molecule has 0 saturated heterocycles. The molecule has 1 aromatic carbocycles. The minimum atomic E-state index is -1.61. The van der Waals surface area contributed by atoms with Crippen molar-refractivity contribution in [2.75, 3.05) is 26.4 Å². The molecule has 0 aliphatic rings. The van der Waals surface area contributed by atoms with E-state index in [9.17, 15) is 4.79 Å². The number of benzene rings is 1. The van der Waals surface area contributed by atoms with E-state index in [4.69, 9.17) is 24.4 Å². The Hall–Kier alpha value is -1.73. The van der Waals surface area contributed by atoms with E-state index in [0.29, 0.717) is 13.0 Å². The van der Waals surface area contributed by atoms with Gasteiger partial charge in [0.25, 0.3) is 0 Å². The Bertz CT molecular complexity index is 497. The summed E-state index contributed by atoms with van der Waals surface area (Å²) in [5, 5.41) is 17.4. The number of hydrogen-bond donors (Lipinski definition) is 2. The predicted molar refractivity (Wildman–Crippen MR) is 89.3 cm³/mol. The van der Waals surface area contributed by atoms with Crippen LogP contribution < -0.4 is 0 Å². The fraction of sp³-hybridized carbons (Fsp3) is 0.500. The van der Waals surface area contributed by atoms with E-state index in [1.54, 1.807) is 0 Å². The van der Waals surface area contributed by atoms with E-state index in [1.165, 1.54) is 0 Å². The van der Waals surface area contributed by atoms with Crippen LogP contribution in [0.2, 0.25) is 0 Å². The van der Waals surface area contributed by atoms with Gasteiger partial charge in [-0.25, -0.2) is 4.79 Å². The predicted octanol–water partition coefficient (Wildman–Crippen LogP) is 1.45. The average molecular weight is 338 g/mol. The molecule has 0 spiro atoms. The van der Waals surface area contributed by atoms with E-state index < -0.39 is 18.4 Å². The molecule has 0 heterocycles. The van der Waals surface area contributed by atoms with Crippen LogP contribution in [0.15, 0.2) is 42.0 Å². The van der Waals surface area contributed by atoms with Crippen LogP contribution in [0.25, 0.3) is 0 Å². The molecule has 0 aliphatic heterocycles. The molecule has 6 nitrogen and oxygen atoms in total. The minimum absolute atomic E-state index is 0.272. The Morgan fingerprint density at radius 1 is 1.12 bits per heavy atom. The summed E-state index contributed by atoms with van der Waals surface area (Å²) in [4.78, 5) is 11.8. The quantitative estimate of drug-likeness (QED) is 0.361. The summed E-state index contributed by atoms with van der Waals surface area (Å²) in [6, 6.07) is 9.67. The highest BCUT2D eigenvalue weighted by Gasteiger charge is 2.16. The highest BCUT2D eigenvalue weighted by molar-refractivity contribution is 5.70. The van der Waals surface area contributed by atoms with Crippen LogP contribution in [0.4, 0.5) is 0 Å². The summed E-state index contributed by atoms with van der Waals surface area (Å²) < 4.78 is 15.8. The number of hydrogen-bond acceptors (Lipinski definition) is 6. The Morgan fingerprint density at radius 3 is 2.42 bits per heavy atom. The van der Waals surface area contributed by atoms with Crippen molar-refractivity contribution in [2.24, 2.45) is 0 Å². The second kappa shape index (κ2) is 11.8. The Morgan fingerprint density at radius 2 is 1.79 bits per heavy atom. The molecule has 0 saturated carbocycles. The largest absolute Gasteiger partial charge is 0.458 e. The summed E-state index contributed by atoms with van der Waals surface area (Å²) in [5.74, 6) is -0.567. The molecule has 24 heavy (non-hydrogen) atoms. The van der Waals surface area contributed by atoms with Gasteiger partial charge in [0.15, 0.2) is 6.29 Å². The molecule has 1 aromatic rings. The standard InChI is InChI=1S/C18H26O6/c1-3-14(2)10-22-11-16(9-15-7-5-4-6-8-15)24-18(21)13-23-12-17(19)20/h3-8,16-17,19-20H,9-13H2,1-2H3/b14-3+/t16-/m1/s1. The molecule has 0 radical (unpaired) electrons. The summed E-state index contributed by atoms with van der Waals surface area (Å²) >= 11 is 0. The van der Waals surface area contributed by atoms with Gasteiger partial charge in [0, 0.05) is 6.42 Å². The maximum absolute atomic E-state index is 11.8. The van der Waals surface area contributed by atoms with Gasteiger partial charge in [-0.1, -0.05) is 42.0 Å². The van der Waals surface area contributed by atoms with E-state index in [1.807, 2.05) is 50.3 Å². The highest BCUT2D eigenvalue weighted by atomic mass is 16.6. The van der Waals surface area contributed by atoms with E-state index in [-0.39, 0.29) is 19.8 Å². The van der Waals surface area contributed by atoms with Crippen LogP contribution >= 0.6 is 0 Å². The van der Waals surface area contributed by atoms with Gasteiger partial charge in [-0.05, 0) is 19.4 Å². The van der Waals surface area contributed by atoms with Gasteiger partial charge in [0.05, 0.1) is 19.8 Å². The maximum Gasteiger partial charge on any atom is 0.332 e. The van der Waals surface area contributed by atoms with Crippen molar-refractivity contribution in [3.63, 3.8) is 0 Å². The number of aliphatic hydroxyl groups is 2. The number of carbonyl (C=O) groups excluding carboxylic acids is 1. The number of aliphatic hydroxyl groups excluding tert-OH is 1. The Labute approximate surface area is 142 Å². The van der Waals surface area contributed by atoms with Crippen molar-refractivity contribution in [2.45, 2.75) is 32.7 Å². The molecule has 0 amide bonds. The Balaban J connectivity index is 2.51. The van der Waals surface area contributed by atoms with Crippen LogP contribution in [0.1, 0.15) is 19.4 Å². The van der Waals surface area contributed by atoms with Gasteiger partial charge in [0.1, 0.15) is 12.7 Å². The fourth-order valence-electron chi connectivity index (χ4n) is 1.91. The molecular formula is C18H26O6. The van der Waals surface area contributed by atoms with Crippen molar-refractivity contribution in [3.8, 4) is 0 Å². The van der Waals surface area contributed by atoms with Crippen LogP contribution in [-0.2, 0) is 25.4 Å². The van der Waals surface area contributed by atoms with E-state index in [2.05, 4.69) is 0 Å². The summed E-state index contributed by atoms with van der Waals surface area (Å²) in [6.45, 7) is 3.98. The zero-order valence-corrected chi connectivity index (χ0v) is 14.2. The number of esters is 1. The zero-order valence-electron chi connectivity index (χ0n) is 14.2. The first-order chi connectivity index (χ1) is 11.5. The first kappa shape index (κ1) is 20.3. The minimum Gasteiger partial charge on any atom is -0.458 e. The number of rotatable bonds is 11. The molecule has 134 valence electrons. The lowest BCUT2D eigenvalue weighted by molar-refractivity contribution is -0.161. The third kappa shape index (κ3) is 9.42. The van der Waals surface area contributed by atoms with Crippen LogP contribution in [0, 0.1) is 0 Å². The molecule has 0 bridgehead atoms. The molecule has 0 unspecified atom stereocenters. The number of carbonyl (C=O) groups is 1. The molecule has 0 aliphatic carbocycles. The van der Waals surface area contributed by atoms with Crippen molar-refractivity contribution >= 4 is 5.97 Å². The molecule has 0 aromatic heterocycles. The lowest BCUT2D eigenvalue weighted by Crippen LogP contribution is -2.29. The van der Waals surface area contributed by atoms with Gasteiger partial charge >= 0.3 is 5.97 Å². The Kier molecular flexibility index (Phi) is 9.95. The second-order valence-electron chi connectivity index (χ2n) is 5.45. The summed E-state index contributed by atoms with van der Waals surface area (Å²) in [5.41, 5.74) is 2.13. The van der Waals surface area contributed by atoms with Gasteiger partial charge in [-0.2, -0.15) is 0 Å².